The van der Waals surface area contributed by atoms with E-state index in [0.717, 1.165) is 31.2 Å². The van der Waals surface area contributed by atoms with Crippen molar-refractivity contribution in [3.05, 3.63) is 24.3 Å². The van der Waals surface area contributed by atoms with Crippen molar-refractivity contribution in [2.24, 2.45) is 5.84 Å². The van der Waals surface area contributed by atoms with Gasteiger partial charge in [0.25, 0.3) is 0 Å². The molecule has 1 saturated carbocycles. The first-order chi connectivity index (χ1) is 9.85. The highest BCUT2D eigenvalue weighted by molar-refractivity contribution is 5.47. The molecule has 0 bridgehead atoms. The highest BCUT2D eigenvalue weighted by atomic mass is 15.4. The summed E-state index contributed by atoms with van der Waals surface area (Å²) in [6.07, 6.45) is 6.81. The summed E-state index contributed by atoms with van der Waals surface area (Å²) < 4.78 is 1.81. The average Bonchev–Trinajstić information content (AvgIpc) is 3.21. The van der Waals surface area contributed by atoms with Crippen LogP contribution in [0.4, 0.5) is 11.6 Å². The number of nitrogens with two attached hydrogens (primary N) is 1. The summed E-state index contributed by atoms with van der Waals surface area (Å²) in [7, 11) is 0. The number of hydrogen-bond donors (Lipinski definition) is 3. The molecule has 0 atom stereocenters. The minimum atomic E-state index is 0.499. The summed E-state index contributed by atoms with van der Waals surface area (Å²) in [5.74, 6) is 8.28. The molecule has 0 aromatic carbocycles. The molecule has 2 heterocycles. The van der Waals surface area contributed by atoms with E-state index >= 15 is 0 Å². The monoisotopic (exact) mass is 274 g/mol. The lowest BCUT2D eigenvalue weighted by Crippen LogP contribution is -2.13. The molecule has 0 radical (unpaired) electrons. The van der Waals surface area contributed by atoms with Crippen LogP contribution in [0.2, 0.25) is 0 Å². The molecule has 0 saturated heterocycles. The summed E-state index contributed by atoms with van der Waals surface area (Å²) in [5, 5.41) is 11.0. The van der Waals surface area contributed by atoms with Gasteiger partial charge in [-0.25, -0.2) is 15.8 Å². The molecule has 8 nitrogen and oxygen atoms in total. The van der Waals surface area contributed by atoms with Crippen LogP contribution in [0, 0.1) is 0 Å². The maximum absolute atomic E-state index is 5.44. The first-order valence-corrected chi connectivity index (χ1v) is 6.79. The summed E-state index contributed by atoms with van der Waals surface area (Å²) >= 11 is 0. The van der Waals surface area contributed by atoms with Crippen LogP contribution in [0.15, 0.2) is 18.5 Å². The fourth-order valence-electron chi connectivity index (χ4n) is 1.96. The quantitative estimate of drug-likeness (QED) is 0.388. The van der Waals surface area contributed by atoms with Crippen molar-refractivity contribution in [2.75, 3.05) is 17.3 Å². The van der Waals surface area contributed by atoms with Crippen LogP contribution in [-0.2, 0) is 6.54 Å². The zero-order chi connectivity index (χ0) is 13.8. The van der Waals surface area contributed by atoms with Gasteiger partial charge in [-0.15, -0.1) is 5.10 Å². The summed E-state index contributed by atoms with van der Waals surface area (Å²) in [6.45, 7) is 1.64. The van der Waals surface area contributed by atoms with Crippen LogP contribution in [0.25, 0.3) is 0 Å². The van der Waals surface area contributed by atoms with Gasteiger partial charge in [-0.1, -0.05) is 5.21 Å². The molecule has 0 amide bonds. The molecule has 3 rings (SSSR count). The van der Waals surface area contributed by atoms with E-state index in [1.165, 1.54) is 12.8 Å². The van der Waals surface area contributed by atoms with Crippen LogP contribution in [0.1, 0.15) is 31.0 Å². The third-order valence-corrected chi connectivity index (χ3v) is 3.18. The van der Waals surface area contributed by atoms with Gasteiger partial charge in [-0.2, -0.15) is 0 Å². The van der Waals surface area contributed by atoms with Crippen molar-refractivity contribution in [1.82, 2.24) is 25.0 Å². The van der Waals surface area contributed by atoms with E-state index in [2.05, 4.69) is 31.0 Å². The van der Waals surface area contributed by atoms with Gasteiger partial charge >= 0.3 is 0 Å². The molecule has 2 aromatic rings. The van der Waals surface area contributed by atoms with Crippen LogP contribution in [0.3, 0.4) is 0 Å². The molecule has 0 spiro atoms. The molecule has 20 heavy (non-hydrogen) atoms. The van der Waals surface area contributed by atoms with E-state index in [0.29, 0.717) is 11.7 Å². The molecule has 2 aromatic heterocycles. The largest absolute Gasteiger partial charge is 0.370 e. The summed E-state index contributed by atoms with van der Waals surface area (Å²) in [5.41, 5.74) is 2.59. The predicted molar refractivity (Wildman–Crippen MR) is 74.9 cm³/mol. The lowest BCUT2D eigenvalue weighted by molar-refractivity contribution is 0.569. The van der Waals surface area contributed by atoms with E-state index in [-0.39, 0.29) is 0 Å². The number of aromatic nitrogens is 5. The molecular weight excluding hydrogens is 256 g/mol. The van der Waals surface area contributed by atoms with Gasteiger partial charge in [-0.3, -0.25) is 4.68 Å². The third-order valence-electron chi connectivity index (χ3n) is 3.18. The van der Waals surface area contributed by atoms with Crippen LogP contribution >= 0.6 is 0 Å². The van der Waals surface area contributed by atoms with Gasteiger partial charge in [0.15, 0.2) is 0 Å². The van der Waals surface area contributed by atoms with Gasteiger partial charge in [0, 0.05) is 31.3 Å². The number of anilines is 2. The van der Waals surface area contributed by atoms with Gasteiger partial charge < -0.3 is 10.7 Å². The van der Waals surface area contributed by atoms with Crippen molar-refractivity contribution in [3.63, 3.8) is 0 Å². The minimum Gasteiger partial charge on any atom is -0.370 e. The van der Waals surface area contributed by atoms with Gasteiger partial charge in [0.2, 0.25) is 0 Å². The third kappa shape index (κ3) is 3.21. The molecule has 1 aliphatic rings. The van der Waals surface area contributed by atoms with E-state index < -0.39 is 0 Å². The van der Waals surface area contributed by atoms with E-state index in [4.69, 9.17) is 5.84 Å². The second-order valence-corrected chi connectivity index (χ2v) is 4.86. The number of aryl methyl sites for hydroxylation is 1. The Morgan fingerprint density at radius 2 is 2.15 bits per heavy atom. The predicted octanol–water partition coefficient (Wildman–Crippen LogP) is 0.733. The maximum Gasteiger partial charge on any atom is 0.145 e. The Bertz CT molecular complexity index is 549. The second kappa shape index (κ2) is 5.83. The number of nitrogens with one attached hydrogen (secondary N) is 2. The maximum atomic E-state index is 5.44. The Morgan fingerprint density at radius 1 is 1.30 bits per heavy atom. The molecule has 0 aliphatic heterocycles. The Labute approximate surface area is 116 Å². The van der Waals surface area contributed by atoms with Gasteiger partial charge in [0.1, 0.15) is 17.5 Å². The number of nitrogen functional groups attached to an aromatic ring is 1. The molecular formula is C12H18N8. The fraction of sp³-hybridized carbons (Fsp3) is 0.500. The number of hydrogen-bond acceptors (Lipinski definition) is 7. The van der Waals surface area contributed by atoms with Gasteiger partial charge in [0.05, 0.1) is 6.20 Å². The second-order valence-electron chi connectivity index (χ2n) is 4.86. The number of rotatable bonds is 7. The van der Waals surface area contributed by atoms with E-state index in [1.54, 1.807) is 6.20 Å². The summed E-state index contributed by atoms with van der Waals surface area (Å²) in [6, 6.07) is 1.82. The zero-order valence-electron chi connectivity index (χ0n) is 11.2. The van der Waals surface area contributed by atoms with Crippen molar-refractivity contribution in [3.8, 4) is 0 Å². The van der Waals surface area contributed by atoms with Gasteiger partial charge in [-0.05, 0) is 19.3 Å². The number of hydrazine groups is 1. The Kier molecular flexibility index (Phi) is 3.73. The fourth-order valence-corrected chi connectivity index (χ4v) is 1.96. The van der Waals surface area contributed by atoms with E-state index in [1.807, 2.05) is 16.9 Å². The molecule has 106 valence electrons. The lowest BCUT2D eigenvalue weighted by atomic mass is 10.3. The zero-order valence-corrected chi connectivity index (χ0v) is 11.2. The van der Waals surface area contributed by atoms with Crippen molar-refractivity contribution in [2.45, 2.75) is 31.7 Å². The van der Waals surface area contributed by atoms with Crippen LogP contribution in [-0.4, -0.2) is 31.5 Å². The molecule has 1 aliphatic carbocycles. The van der Waals surface area contributed by atoms with Crippen molar-refractivity contribution < 1.29 is 0 Å². The Balaban J connectivity index is 1.54. The molecule has 8 heteroatoms. The Morgan fingerprint density at radius 3 is 2.85 bits per heavy atom. The smallest absolute Gasteiger partial charge is 0.145 e. The first-order valence-electron chi connectivity index (χ1n) is 6.79. The van der Waals surface area contributed by atoms with Crippen molar-refractivity contribution >= 4 is 11.6 Å². The lowest BCUT2D eigenvalue weighted by Gasteiger charge is -2.09. The van der Waals surface area contributed by atoms with Crippen molar-refractivity contribution in [1.29, 1.82) is 0 Å². The molecule has 4 N–H and O–H groups in total. The van der Waals surface area contributed by atoms with E-state index in [9.17, 15) is 0 Å². The number of nitrogens with zero attached hydrogens (tertiary/aromatic N) is 5. The normalized spacial score (nSPS) is 14.2. The van der Waals surface area contributed by atoms with Crippen LogP contribution in [0.5, 0.6) is 0 Å². The minimum absolute atomic E-state index is 0.499. The molecule has 1 fully saturated rings. The Hall–Kier alpha value is -2.22. The topological polar surface area (TPSA) is 107 Å². The molecule has 0 unspecified atom stereocenters. The average molecular weight is 274 g/mol. The standard InChI is InChI=1S/C12H18N8/c13-18-11-8-10(16-12(17-11)9-2-3-9)14-4-1-6-20-7-5-15-19-20/h5,7-9H,1-4,6,13H2,(H2,14,16,17,18). The highest BCUT2D eigenvalue weighted by Crippen LogP contribution is 2.38. The first kappa shape index (κ1) is 12.8. The van der Waals surface area contributed by atoms with Crippen LogP contribution < -0.4 is 16.6 Å². The highest BCUT2D eigenvalue weighted by Gasteiger charge is 2.27. The SMILES string of the molecule is NNc1cc(NCCCn2ccnn2)nc(C2CC2)n1. The summed E-state index contributed by atoms with van der Waals surface area (Å²) in [4.78, 5) is 8.90.